The van der Waals surface area contributed by atoms with Gasteiger partial charge in [0, 0.05) is 16.2 Å². The van der Waals surface area contributed by atoms with Crippen LogP contribution in [0.15, 0.2) is 28.9 Å². The molecule has 0 fully saturated rings. The van der Waals surface area contributed by atoms with E-state index in [2.05, 4.69) is 20.9 Å². The van der Waals surface area contributed by atoms with E-state index in [1.54, 1.807) is 18.2 Å². The molecule has 108 valence electrons. The van der Waals surface area contributed by atoms with Crippen LogP contribution in [-0.2, 0) is 6.18 Å². The first-order valence-electron chi connectivity index (χ1n) is 5.37. The van der Waals surface area contributed by atoms with Crippen molar-refractivity contribution in [2.24, 2.45) is 0 Å². The molecule has 20 heavy (non-hydrogen) atoms. The lowest BCUT2D eigenvalue weighted by Crippen LogP contribution is -2.03. The number of aliphatic hydroxyl groups excluding tert-OH is 1. The van der Waals surface area contributed by atoms with Crippen LogP contribution in [0.3, 0.4) is 0 Å². The molecular weight excluding hydrogens is 359 g/mol. The molecule has 8 heteroatoms. The van der Waals surface area contributed by atoms with Crippen LogP contribution in [0.25, 0.3) is 0 Å². The number of hydrogen-bond donors (Lipinski definition) is 1. The van der Waals surface area contributed by atoms with Crippen molar-refractivity contribution < 1.29 is 23.0 Å². The molecule has 2 aromatic rings. The van der Waals surface area contributed by atoms with E-state index in [0.717, 1.165) is 6.20 Å². The Morgan fingerprint density at radius 3 is 2.65 bits per heavy atom. The number of ether oxygens (including phenoxy) is 1. The molecule has 1 heterocycles. The standard InChI is InChI=1S/C12H9BrF3NO2S/c1-19-6-2-3-8(13)7(4-6)10(18)9-5-17-11(20-9)12(14,15)16/h2-5,10,18H,1H3. The highest BCUT2D eigenvalue weighted by molar-refractivity contribution is 9.10. The molecule has 0 bridgehead atoms. The van der Waals surface area contributed by atoms with Crippen LogP contribution in [0.1, 0.15) is 21.6 Å². The molecule has 0 aliphatic heterocycles. The predicted molar refractivity (Wildman–Crippen MR) is 71.9 cm³/mol. The average Bonchev–Trinajstić information content (AvgIpc) is 2.88. The lowest BCUT2D eigenvalue weighted by atomic mass is 10.1. The molecule has 0 saturated carbocycles. The molecule has 0 spiro atoms. The SMILES string of the molecule is COc1ccc(Br)c(C(O)c2cnc(C(F)(F)F)s2)c1. The number of benzene rings is 1. The van der Waals surface area contributed by atoms with E-state index in [1.807, 2.05) is 0 Å². The lowest BCUT2D eigenvalue weighted by Gasteiger charge is -2.12. The Bertz CT molecular complexity index is 615. The molecule has 0 aliphatic carbocycles. The van der Waals surface area contributed by atoms with Gasteiger partial charge >= 0.3 is 6.18 Å². The summed E-state index contributed by atoms with van der Waals surface area (Å²) in [5, 5.41) is 9.21. The van der Waals surface area contributed by atoms with Gasteiger partial charge < -0.3 is 9.84 Å². The molecular formula is C12H9BrF3NO2S. The predicted octanol–water partition coefficient (Wildman–Crippen LogP) is 4.01. The largest absolute Gasteiger partial charge is 0.497 e. The Labute approximate surface area is 125 Å². The third kappa shape index (κ3) is 3.13. The summed E-state index contributed by atoms with van der Waals surface area (Å²) in [5.41, 5.74) is 0.418. The number of thiazole rings is 1. The van der Waals surface area contributed by atoms with E-state index in [-0.39, 0.29) is 4.88 Å². The highest BCUT2D eigenvalue weighted by Gasteiger charge is 2.35. The molecule has 0 amide bonds. The minimum absolute atomic E-state index is 0.117. The maximum Gasteiger partial charge on any atom is 0.443 e. The second-order valence-corrected chi connectivity index (χ2v) is 5.77. The Hall–Kier alpha value is -1.12. The highest BCUT2D eigenvalue weighted by atomic mass is 79.9. The zero-order valence-electron chi connectivity index (χ0n) is 10.1. The van der Waals surface area contributed by atoms with Crippen molar-refractivity contribution in [1.29, 1.82) is 0 Å². The number of aromatic nitrogens is 1. The van der Waals surface area contributed by atoms with Gasteiger partial charge in [-0.3, -0.25) is 0 Å². The zero-order chi connectivity index (χ0) is 14.9. The summed E-state index contributed by atoms with van der Waals surface area (Å²) in [7, 11) is 1.47. The smallest absolute Gasteiger partial charge is 0.443 e. The Morgan fingerprint density at radius 2 is 2.10 bits per heavy atom. The van der Waals surface area contributed by atoms with Crippen LogP contribution in [-0.4, -0.2) is 17.2 Å². The van der Waals surface area contributed by atoms with Gasteiger partial charge in [-0.25, -0.2) is 4.98 Å². The van der Waals surface area contributed by atoms with Crippen molar-refractivity contribution >= 4 is 27.3 Å². The fraction of sp³-hybridized carbons (Fsp3) is 0.250. The van der Waals surface area contributed by atoms with Crippen LogP contribution < -0.4 is 4.74 Å². The van der Waals surface area contributed by atoms with Crippen LogP contribution in [0.4, 0.5) is 13.2 Å². The fourth-order valence-electron chi connectivity index (χ4n) is 1.56. The summed E-state index contributed by atoms with van der Waals surface area (Å²) in [6.07, 6.45) is -4.67. The molecule has 3 nitrogen and oxygen atoms in total. The topological polar surface area (TPSA) is 42.4 Å². The van der Waals surface area contributed by atoms with Gasteiger partial charge in [0.1, 0.15) is 11.9 Å². The van der Waals surface area contributed by atoms with E-state index >= 15 is 0 Å². The highest BCUT2D eigenvalue weighted by Crippen LogP contribution is 2.38. The van der Waals surface area contributed by atoms with Gasteiger partial charge in [0.25, 0.3) is 0 Å². The third-order valence-corrected chi connectivity index (χ3v) is 4.35. The lowest BCUT2D eigenvalue weighted by molar-refractivity contribution is -0.137. The summed E-state index contributed by atoms with van der Waals surface area (Å²) >= 11 is 3.67. The molecule has 0 saturated heterocycles. The second kappa shape index (κ2) is 5.71. The van der Waals surface area contributed by atoms with E-state index in [1.165, 1.54) is 7.11 Å². The van der Waals surface area contributed by atoms with Crippen LogP contribution in [0.2, 0.25) is 0 Å². The Morgan fingerprint density at radius 1 is 1.40 bits per heavy atom. The van der Waals surface area contributed by atoms with Gasteiger partial charge in [0.05, 0.1) is 12.0 Å². The number of aliphatic hydroxyl groups is 1. The van der Waals surface area contributed by atoms with Gasteiger partial charge in [0.2, 0.25) is 0 Å². The first-order valence-corrected chi connectivity index (χ1v) is 6.98. The van der Waals surface area contributed by atoms with E-state index in [9.17, 15) is 18.3 Å². The maximum absolute atomic E-state index is 12.5. The van der Waals surface area contributed by atoms with Crippen molar-refractivity contribution in [2.45, 2.75) is 12.3 Å². The molecule has 1 atom stereocenters. The second-order valence-electron chi connectivity index (χ2n) is 3.86. The van der Waals surface area contributed by atoms with Gasteiger partial charge in [-0.05, 0) is 18.2 Å². The first kappa shape index (κ1) is 15.3. The van der Waals surface area contributed by atoms with Crippen LogP contribution >= 0.6 is 27.3 Å². The van der Waals surface area contributed by atoms with E-state index in [4.69, 9.17) is 4.74 Å². The fourth-order valence-corrected chi connectivity index (χ4v) is 2.81. The minimum Gasteiger partial charge on any atom is -0.497 e. The number of alkyl halides is 3. The van der Waals surface area contributed by atoms with E-state index < -0.39 is 17.3 Å². The summed E-state index contributed by atoms with van der Waals surface area (Å²) in [6, 6.07) is 4.89. The van der Waals surface area contributed by atoms with Crippen molar-refractivity contribution in [3.63, 3.8) is 0 Å². The summed E-state index contributed by atoms with van der Waals surface area (Å²) in [6.45, 7) is 0. The molecule has 1 aromatic carbocycles. The van der Waals surface area contributed by atoms with Crippen molar-refractivity contribution in [2.75, 3.05) is 7.11 Å². The molecule has 1 aromatic heterocycles. The molecule has 0 aliphatic rings. The summed E-state index contributed by atoms with van der Waals surface area (Å²) < 4.78 is 43.1. The van der Waals surface area contributed by atoms with Crippen molar-refractivity contribution in [1.82, 2.24) is 4.98 Å². The van der Waals surface area contributed by atoms with E-state index in [0.29, 0.717) is 27.1 Å². The van der Waals surface area contributed by atoms with Gasteiger partial charge in [-0.15, -0.1) is 11.3 Å². The van der Waals surface area contributed by atoms with Gasteiger partial charge in [-0.2, -0.15) is 13.2 Å². The first-order chi connectivity index (χ1) is 9.32. The zero-order valence-corrected chi connectivity index (χ0v) is 12.5. The third-order valence-electron chi connectivity index (χ3n) is 2.53. The number of methoxy groups -OCH3 is 1. The molecule has 1 N–H and O–H groups in total. The normalized spacial score (nSPS) is 13.3. The maximum atomic E-state index is 12.5. The van der Waals surface area contributed by atoms with Crippen molar-refractivity contribution in [3.05, 3.63) is 44.3 Å². The molecule has 0 radical (unpaired) electrons. The van der Waals surface area contributed by atoms with Gasteiger partial charge in [0.15, 0.2) is 5.01 Å². The summed E-state index contributed by atoms with van der Waals surface area (Å²) in [4.78, 5) is 3.41. The average molecular weight is 368 g/mol. The van der Waals surface area contributed by atoms with Crippen molar-refractivity contribution in [3.8, 4) is 5.75 Å². The molecule has 1 unspecified atom stereocenters. The van der Waals surface area contributed by atoms with Gasteiger partial charge in [-0.1, -0.05) is 15.9 Å². The quantitative estimate of drug-likeness (QED) is 0.890. The van der Waals surface area contributed by atoms with Crippen LogP contribution in [0, 0.1) is 0 Å². The number of rotatable bonds is 3. The summed E-state index contributed by atoms with van der Waals surface area (Å²) in [5.74, 6) is 0.503. The number of halogens is 4. The van der Waals surface area contributed by atoms with Crippen LogP contribution in [0.5, 0.6) is 5.75 Å². The number of hydrogen-bond acceptors (Lipinski definition) is 4. The Kier molecular flexibility index (Phi) is 4.36. The number of nitrogens with zero attached hydrogens (tertiary/aromatic N) is 1. The minimum atomic E-state index is -4.51. The molecule has 2 rings (SSSR count). The monoisotopic (exact) mass is 367 g/mol. The Balaban J connectivity index is 2.36.